The van der Waals surface area contributed by atoms with E-state index in [1.807, 2.05) is 63.2 Å². The molecule has 3 aromatic rings. The van der Waals surface area contributed by atoms with E-state index in [1.54, 1.807) is 4.68 Å². The standard InChI is InChI=1S/C21H21N3O2/c1-13-9-10-14(2)18(15(13)3)26-21(25)19-22-20(16-11-12-16)24(23-19)17-7-5-4-6-8-17/h4-10,16H,11-12H2,1-3H3. The van der Waals surface area contributed by atoms with Gasteiger partial charge in [-0.2, -0.15) is 0 Å². The molecule has 2 aromatic carbocycles. The van der Waals surface area contributed by atoms with Crippen molar-refractivity contribution in [1.29, 1.82) is 0 Å². The van der Waals surface area contributed by atoms with Crippen LogP contribution in [0.25, 0.3) is 5.69 Å². The van der Waals surface area contributed by atoms with Gasteiger partial charge in [-0.1, -0.05) is 30.3 Å². The zero-order valence-electron chi connectivity index (χ0n) is 15.2. The smallest absolute Gasteiger partial charge is 0.383 e. The number of carbonyl (C=O) groups is 1. The minimum atomic E-state index is -0.515. The topological polar surface area (TPSA) is 57.0 Å². The molecule has 0 saturated heterocycles. The van der Waals surface area contributed by atoms with Crippen LogP contribution in [0.5, 0.6) is 5.75 Å². The van der Waals surface area contributed by atoms with Crippen molar-refractivity contribution in [3.63, 3.8) is 0 Å². The molecule has 0 atom stereocenters. The van der Waals surface area contributed by atoms with Crippen LogP contribution in [0.3, 0.4) is 0 Å². The second kappa shape index (κ2) is 6.41. The molecular weight excluding hydrogens is 326 g/mol. The summed E-state index contributed by atoms with van der Waals surface area (Å²) in [5.41, 5.74) is 3.87. The first-order chi connectivity index (χ1) is 12.5. The van der Waals surface area contributed by atoms with Gasteiger partial charge in [0.15, 0.2) is 0 Å². The molecule has 0 amide bonds. The molecule has 1 aliphatic rings. The highest BCUT2D eigenvalue weighted by Gasteiger charge is 2.32. The Morgan fingerprint density at radius 2 is 1.73 bits per heavy atom. The normalized spacial score (nSPS) is 13.7. The Hall–Kier alpha value is -2.95. The van der Waals surface area contributed by atoms with Gasteiger partial charge in [-0.25, -0.2) is 14.5 Å². The molecule has 1 aliphatic carbocycles. The number of benzene rings is 2. The quantitative estimate of drug-likeness (QED) is 0.522. The zero-order valence-corrected chi connectivity index (χ0v) is 15.2. The fourth-order valence-electron chi connectivity index (χ4n) is 3.00. The maximum Gasteiger partial charge on any atom is 0.383 e. The Morgan fingerprint density at radius 3 is 2.42 bits per heavy atom. The molecule has 0 aliphatic heterocycles. The van der Waals surface area contributed by atoms with Crippen LogP contribution in [0, 0.1) is 20.8 Å². The van der Waals surface area contributed by atoms with Crippen molar-refractivity contribution in [3.8, 4) is 11.4 Å². The number of nitrogens with zero attached hydrogens (tertiary/aromatic N) is 3. The lowest BCUT2D eigenvalue weighted by Crippen LogP contribution is -2.13. The predicted octanol–water partition coefficient (Wildman–Crippen LogP) is 4.29. The van der Waals surface area contributed by atoms with Crippen molar-refractivity contribution in [2.75, 3.05) is 0 Å². The summed E-state index contributed by atoms with van der Waals surface area (Å²) in [7, 11) is 0. The van der Waals surface area contributed by atoms with Crippen molar-refractivity contribution < 1.29 is 9.53 Å². The van der Waals surface area contributed by atoms with Crippen LogP contribution >= 0.6 is 0 Å². The van der Waals surface area contributed by atoms with E-state index in [-0.39, 0.29) is 5.82 Å². The van der Waals surface area contributed by atoms with Crippen LogP contribution < -0.4 is 4.74 Å². The van der Waals surface area contributed by atoms with Gasteiger partial charge in [-0.3, -0.25) is 0 Å². The molecule has 5 nitrogen and oxygen atoms in total. The lowest BCUT2D eigenvalue weighted by molar-refractivity contribution is 0.0719. The van der Waals surface area contributed by atoms with Gasteiger partial charge in [0.1, 0.15) is 11.6 Å². The summed E-state index contributed by atoms with van der Waals surface area (Å²) in [5.74, 6) is 1.39. The third-order valence-electron chi connectivity index (χ3n) is 4.83. The summed E-state index contributed by atoms with van der Waals surface area (Å²) in [5, 5.41) is 4.45. The monoisotopic (exact) mass is 347 g/mol. The van der Waals surface area contributed by atoms with E-state index in [1.165, 1.54) is 0 Å². The van der Waals surface area contributed by atoms with Crippen molar-refractivity contribution in [2.45, 2.75) is 39.5 Å². The van der Waals surface area contributed by atoms with Crippen molar-refractivity contribution in [2.24, 2.45) is 0 Å². The average Bonchev–Trinajstić information content (AvgIpc) is 3.40. The molecule has 1 fully saturated rings. The number of aromatic nitrogens is 3. The van der Waals surface area contributed by atoms with E-state index in [0.29, 0.717) is 11.7 Å². The van der Waals surface area contributed by atoms with Crippen LogP contribution in [0.15, 0.2) is 42.5 Å². The Kier molecular flexibility index (Phi) is 4.07. The van der Waals surface area contributed by atoms with Gasteiger partial charge in [0, 0.05) is 5.92 Å². The molecule has 0 radical (unpaired) electrons. The second-order valence-electron chi connectivity index (χ2n) is 6.86. The molecule has 0 spiro atoms. The number of hydrogen-bond acceptors (Lipinski definition) is 4. The third-order valence-corrected chi connectivity index (χ3v) is 4.83. The predicted molar refractivity (Wildman–Crippen MR) is 98.9 cm³/mol. The molecule has 4 rings (SSSR count). The summed E-state index contributed by atoms with van der Waals surface area (Å²) in [6.45, 7) is 5.89. The number of esters is 1. The molecule has 1 saturated carbocycles. The molecule has 0 bridgehead atoms. The number of rotatable bonds is 4. The molecule has 0 unspecified atom stereocenters. The van der Waals surface area contributed by atoms with Gasteiger partial charge in [-0.05, 0) is 62.4 Å². The Labute approximate surface area is 152 Å². The maximum absolute atomic E-state index is 12.7. The van der Waals surface area contributed by atoms with Gasteiger partial charge < -0.3 is 4.74 Å². The first-order valence-corrected chi connectivity index (χ1v) is 8.86. The first-order valence-electron chi connectivity index (χ1n) is 8.86. The second-order valence-corrected chi connectivity index (χ2v) is 6.86. The highest BCUT2D eigenvalue weighted by atomic mass is 16.5. The molecular formula is C21H21N3O2. The van der Waals surface area contributed by atoms with E-state index >= 15 is 0 Å². The van der Waals surface area contributed by atoms with Crippen molar-refractivity contribution >= 4 is 5.97 Å². The van der Waals surface area contributed by atoms with Gasteiger partial charge in [-0.15, -0.1) is 5.10 Å². The lowest BCUT2D eigenvalue weighted by atomic mass is 10.1. The van der Waals surface area contributed by atoms with E-state index in [4.69, 9.17) is 4.74 Å². The minimum absolute atomic E-state index is 0.107. The zero-order chi connectivity index (χ0) is 18.3. The number of ether oxygens (including phenoxy) is 1. The van der Waals surface area contributed by atoms with Crippen LogP contribution in [-0.2, 0) is 0 Å². The Bertz CT molecular complexity index is 972. The lowest BCUT2D eigenvalue weighted by Gasteiger charge is -2.11. The van der Waals surface area contributed by atoms with Gasteiger partial charge in [0.05, 0.1) is 5.69 Å². The molecule has 132 valence electrons. The Morgan fingerprint density at radius 1 is 1.04 bits per heavy atom. The molecule has 1 heterocycles. The largest absolute Gasteiger partial charge is 0.420 e. The third kappa shape index (κ3) is 3.01. The van der Waals surface area contributed by atoms with Crippen LogP contribution in [-0.4, -0.2) is 20.7 Å². The number of carbonyl (C=O) groups excluding carboxylic acids is 1. The summed E-state index contributed by atoms with van der Waals surface area (Å²) >= 11 is 0. The van der Waals surface area contributed by atoms with E-state index < -0.39 is 5.97 Å². The Balaban J connectivity index is 1.68. The van der Waals surface area contributed by atoms with E-state index in [9.17, 15) is 4.79 Å². The molecule has 26 heavy (non-hydrogen) atoms. The fraction of sp³-hybridized carbons (Fsp3) is 0.286. The maximum atomic E-state index is 12.7. The molecule has 0 N–H and O–H groups in total. The molecule has 5 heteroatoms. The number of hydrogen-bond donors (Lipinski definition) is 0. The summed E-state index contributed by atoms with van der Waals surface area (Å²) in [4.78, 5) is 17.2. The van der Waals surface area contributed by atoms with Crippen LogP contribution in [0.4, 0.5) is 0 Å². The van der Waals surface area contributed by atoms with E-state index in [2.05, 4.69) is 10.1 Å². The summed E-state index contributed by atoms with van der Waals surface area (Å²) in [6.07, 6.45) is 2.16. The SMILES string of the molecule is Cc1ccc(C)c(OC(=O)c2nc(C3CC3)n(-c3ccccc3)n2)c1C. The van der Waals surface area contributed by atoms with Gasteiger partial charge in [0.2, 0.25) is 0 Å². The average molecular weight is 347 g/mol. The summed E-state index contributed by atoms with van der Waals surface area (Å²) in [6, 6.07) is 13.8. The first kappa shape index (κ1) is 16.5. The number of aryl methyl sites for hydroxylation is 2. The fourth-order valence-corrected chi connectivity index (χ4v) is 3.00. The van der Waals surface area contributed by atoms with Crippen LogP contribution in [0.1, 0.15) is 51.9 Å². The van der Waals surface area contributed by atoms with Crippen molar-refractivity contribution in [3.05, 3.63) is 70.8 Å². The van der Waals surface area contributed by atoms with Gasteiger partial charge >= 0.3 is 5.97 Å². The van der Waals surface area contributed by atoms with Gasteiger partial charge in [0.25, 0.3) is 5.82 Å². The molecule has 1 aromatic heterocycles. The summed E-state index contributed by atoms with van der Waals surface area (Å²) < 4.78 is 7.44. The highest BCUT2D eigenvalue weighted by molar-refractivity contribution is 5.87. The highest BCUT2D eigenvalue weighted by Crippen LogP contribution is 2.39. The number of para-hydroxylation sites is 1. The van der Waals surface area contributed by atoms with Crippen LogP contribution in [0.2, 0.25) is 0 Å². The van der Waals surface area contributed by atoms with Crippen molar-refractivity contribution in [1.82, 2.24) is 14.8 Å². The minimum Gasteiger partial charge on any atom is -0.420 e. The van der Waals surface area contributed by atoms with E-state index in [0.717, 1.165) is 41.0 Å².